The molecule has 88 valence electrons. The van der Waals surface area contributed by atoms with E-state index in [0.717, 1.165) is 30.6 Å². The summed E-state index contributed by atoms with van der Waals surface area (Å²) in [5.74, 6) is -0.184. The lowest BCUT2D eigenvalue weighted by Gasteiger charge is -2.30. The Balaban J connectivity index is 2.19. The minimum Gasteiger partial charge on any atom is -0.373 e. The predicted molar refractivity (Wildman–Crippen MR) is 61.9 cm³/mol. The molecule has 2 atom stereocenters. The van der Waals surface area contributed by atoms with Crippen LogP contribution < -0.4 is 5.32 Å². The third-order valence-corrected chi connectivity index (χ3v) is 3.28. The van der Waals surface area contributed by atoms with Crippen molar-refractivity contribution < 1.29 is 9.13 Å². The summed E-state index contributed by atoms with van der Waals surface area (Å²) in [4.78, 5) is 0. The second kappa shape index (κ2) is 4.93. The van der Waals surface area contributed by atoms with Crippen LogP contribution in [0, 0.1) is 12.7 Å². The Bertz CT molecular complexity index is 367. The van der Waals surface area contributed by atoms with Crippen LogP contribution in [0.4, 0.5) is 4.39 Å². The van der Waals surface area contributed by atoms with Crippen LogP contribution in [0.15, 0.2) is 18.2 Å². The third kappa shape index (κ3) is 2.42. The molecule has 0 aliphatic carbocycles. The summed E-state index contributed by atoms with van der Waals surface area (Å²) in [6, 6.07) is 5.38. The van der Waals surface area contributed by atoms with E-state index in [0.29, 0.717) is 6.04 Å². The first-order chi connectivity index (χ1) is 7.70. The summed E-state index contributed by atoms with van der Waals surface area (Å²) in [5.41, 5.74) is 2.09. The summed E-state index contributed by atoms with van der Waals surface area (Å²) >= 11 is 0. The number of hydrogen-bond acceptors (Lipinski definition) is 2. The first kappa shape index (κ1) is 11.6. The minimum absolute atomic E-state index is 0.0295. The molecule has 1 aromatic rings. The molecular weight excluding hydrogens is 205 g/mol. The van der Waals surface area contributed by atoms with Gasteiger partial charge in [0.05, 0.1) is 6.10 Å². The summed E-state index contributed by atoms with van der Waals surface area (Å²) in [7, 11) is 1.96. The van der Waals surface area contributed by atoms with Crippen LogP contribution in [0.1, 0.15) is 30.1 Å². The smallest absolute Gasteiger partial charge is 0.123 e. The fraction of sp³-hybridized carbons (Fsp3) is 0.538. The van der Waals surface area contributed by atoms with E-state index in [2.05, 4.69) is 5.32 Å². The van der Waals surface area contributed by atoms with Gasteiger partial charge in [0.25, 0.3) is 0 Å². The van der Waals surface area contributed by atoms with Crippen LogP contribution in [0.5, 0.6) is 0 Å². The van der Waals surface area contributed by atoms with Crippen LogP contribution in [-0.4, -0.2) is 19.7 Å². The zero-order chi connectivity index (χ0) is 11.5. The highest BCUT2D eigenvalue weighted by Crippen LogP contribution is 2.30. The number of benzene rings is 1. The van der Waals surface area contributed by atoms with Crippen molar-refractivity contribution in [2.75, 3.05) is 13.7 Å². The number of halogens is 1. The molecule has 1 aliphatic heterocycles. The standard InChI is InChI=1S/C13H18FNO/c1-9-3-4-10(14)7-12(9)13-8-11(15-2)5-6-16-13/h3-4,7,11,13,15H,5-6,8H2,1-2H3. The molecule has 0 spiro atoms. The van der Waals surface area contributed by atoms with E-state index in [1.807, 2.05) is 20.0 Å². The Labute approximate surface area is 95.8 Å². The number of hydrogen-bond donors (Lipinski definition) is 1. The second-order valence-electron chi connectivity index (χ2n) is 4.37. The molecule has 0 radical (unpaired) electrons. The number of nitrogens with one attached hydrogen (secondary N) is 1. The SMILES string of the molecule is CNC1CCOC(c2cc(F)ccc2C)C1. The Morgan fingerprint density at radius 2 is 2.25 bits per heavy atom. The van der Waals surface area contributed by atoms with Gasteiger partial charge in [0.2, 0.25) is 0 Å². The van der Waals surface area contributed by atoms with Crippen LogP contribution in [0.3, 0.4) is 0 Å². The van der Waals surface area contributed by atoms with Crippen molar-refractivity contribution in [1.82, 2.24) is 5.32 Å². The third-order valence-electron chi connectivity index (χ3n) is 3.28. The topological polar surface area (TPSA) is 21.3 Å². The molecule has 1 N–H and O–H groups in total. The van der Waals surface area contributed by atoms with Crippen molar-refractivity contribution in [2.24, 2.45) is 0 Å². The van der Waals surface area contributed by atoms with Gasteiger partial charge in [-0.1, -0.05) is 6.07 Å². The van der Waals surface area contributed by atoms with Crippen molar-refractivity contribution in [3.63, 3.8) is 0 Å². The van der Waals surface area contributed by atoms with Crippen LogP contribution in [0.2, 0.25) is 0 Å². The summed E-state index contributed by atoms with van der Waals surface area (Å²) < 4.78 is 18.9. The molecule has 1 aliphatic rings. The van der Waals surface area contributed by atoms with Gasteiger partial charge in [-0.15, -0.1) is 0 Å². The van der Waals surface area contributed by atoms with Crippen LogP contribution >= 0.6 is 0 Å². The van der Waals surface area contributed by atoms with Crippen LogP contribution in [0.25, 0.3) is 0 Å². The maximum Gasteiger partial charge on any atom is 0.123 e. The average molecular weight is 223 g/mol. The summed E-state index contributed by atoms with van der Waals surface area (Å²) in [6.07, 6.45) is 1.98. The fourth-order valence-electron chi connectivity index (χ4n) is 2.23. The van der Waals surface area contributed by atoms with Gasteiger partial charge >= 0.3 is 0 Å². The molecule has 0 bridgehead atoms. The summed E-state index contributed by atoms with van der Waals surface area (Å²) in [6.45, 7) is 2.74. The van der Waals surface area contributed by atoms with Gasteiger partial charge in [-0.3, -0.25) is 0 Å². The Morgan fingerprint density at radius 3 is 3.00 bits per heavy atom. The molecule has 3 heteroatoms. The zero-order valence-electron chi connectivity index (χ0n) is 9.79. The Hall–Kier alpha value is -0.930. The van der Waals surface area contributed by atoms with Gasteiger partial charge in [-0.25, -0.2) is 4.39 Å². The highest BCUT2D eigenvalue weighted by atomic mass is 19.1. The van der Waals surface area contributed by atoms with Crippen molar-refractivity contribution in [3.05, 3.63) is 35.1 Å². The van der Waals surface area contributed by atoms with Gasteiger partial charge in [0.1, 0.15) is 5.82 Å². The monoisotopic (exact) mass is 223 g/mol. The molecule has 1 heterocycles. The van der Waals surface area contributed by atoms with Gasteiger partial charge < -0.3 is 10.1 Å². The molecule has 0 aromatic heterocycles. The normalized spacial score (nSPS) is 25.7. The van der Waals surface area contributed by atoms with Gasteiger partial charge in [-0.2, -0.15) is 0 Å². The van der Waals surface area contributed by atoms with Crippen molar-refractivity contribution in [1.29, 1.82) is 0 Å². The lowest BCUT2D eigenvalue weighted by molar-refractivity contribution is 0.00104. The molecule has 1 saturated heterocycles. The van der Waals surface area contributed by atoms with Gasteiger partial charge in [0.15, 0.2) is 0 Å². The van der Waals surface area contributed by atoms with Gasteiger partial charge in [-0.05, 0) is 50.1 Å². The molecule has 1 aromatic carbocycles. The predicted octanol–water partition coefficient (Wildman–Crippen LogP) is 2.57. The lowest BCUT2D eigenvalue weighted by Crippen LogP contribution is -2.33. The molecule has 2 unspecified atom stereocenters. The van der Waals surface area contributed by atoms with E-state index in [9.17, 15) is 4.39 Å². The highest BCUT2D eigenvalue weighted by Gasteiger charge is 2.24. The summed E-state index contributed by atoms with van der Waals surface area (Å²) in [5, 5.41) is 3.26. The fourth-order valence-corrected chi connectivity index (χ4v) is 2.23. The van der Waals surface area contributed by atoms with Crippen molar-refractivity contribution >= 4 is 0 Å². The van der Waals surface area contributed by atoms with E-state index in [4.69, 9.17) is 4.74 Å². The Morgan fingerprint density at radius 1 is 1.44 bits per heavy atom. The van der Waals surface area contributed by atoms with Crippen molar-refractivity contribution in [3.8, 4) is 0 Å². The van der Waals surface area contributed by atoms with E-state index in [-0.39, 0.29) is 11.9 Å². The molecular formula is C13H18FNO. The van der Waals surface area contributed by atoms with E-state index < -0.39 is 0 Å². The van der Waals surface area contributed by atoms with E-state index in [1.54, 1.807) is 6.07 Å². The van der Waals surface area contributed by atoms with E-state index >= 15 is 0 Å². The van der Waals surface area contributed by atoms with Crippen molar-refractivity contribution in [2.45, 2.75) is 31.9 Å². The Kier molecular flexibility index (Phi) is 3.56. The first-order valence-electron chi connectivity index (χ1n) is 5.75. The minimum atomic E-state index is -0.184. The number of ether oxygens (including phenoxy) is 1. The van der Waals surface area contributed by atoms with E-state index in [1.165, 1.54) is 6.07 Å². The van der Waals surface area contributed by atoms with Gasteiger partial charge in [0, 0.05) is 12.6 Å². The molecule has 16 heavy (non-hydrogen) atoms. The zero-order valence-corrected chi connectivity index (χ0v) is 9.79. The first-order valence-corrected chi connectivity index (χ1v) is 5.75. The number of rotatable bonds is 2. The molecule has 1 fully saturated rings. The molecule has 2 nitrogen and oxygen atoms in total. The maximum absolute atomic E-state index is 13.2. The average Bonchev–Trinajstić information content (AvgIpc) is 2.32. The largest absolute Gasteiger partial charge is 0.373 e. The molecule has 2 rings (SSSR count). The highest BCUT2D eigenvalue weighted by molar-refractivity contribution is 5.29. The lowest BCUT2D eigenvalue weighted by atomic mass is 9.94. The quantitative estimate of drug-likeness (QED) is 0.832. The molecule has 0 saturated carbocycles. The second-order valence-corrected chi connectivity index (χ2v) is 4.37. The van der Waals surface area contributed by atoms with Crippen LogP contribution in [-0.2, 0) is 4.74 Å². The number of aryl methyl sites for hydroxylation is 1. The maximum atomic E-state index is 13.2. The molecule has 0 amide bonds.